The normalized spacial score (nSPS) is 10.7. The summed E-state index contributed by atoms with van der Waals surface area (Å²) in [6, 6.07) is 0. The number of nitrogens with one attached hydrogen (secondary N) is 1. The lowest BCUT2D eigenvalue weighted by atomic mass is 10.1. The number of hydrogen-bond donors (Lipinski definition) is 2. The molecule has 100 valence electrons. The zero-order valence-electron chi connectivity index (χ0n) is 10.9. The van der Waals surface area contributed by atoms with Crippen LogP contribution in [-0.2, 0) is 11.3 Å². The molecule has 6 heteroatoms. The fourth-order valence-electron chi connectivity index (χ4n) is 1.51. The molecule has 1 aromatic heterocycles. The molecule has 1 amide bonds. The second-order valence-corrected chi connectivity index (χ2v) is 4.66. The van der Waals surface area contributed by atoms with Gasteiger partial charge in [0.05, 0.1) is 5.69 Å². The standard InChI is InChI=1S/C12H19N3O3/c1-8(2)4-5-13-11(16)7-15-6-10(12(17)18)9(3)14-15/h6,8H,4-5,7H2,1-3H3,(H,13,16)(H,17,18). The topological polar surface area (TPSA) is 84.2 Å². The Kier molecular flexibility index (Phi) is 4.88. The summed E-state index contributed by atoms with van der Waals surface area (Å²) in [7, 11) is 0. The Labute approximate surface area is 106 Å². The van der Waals surface area contributed by atoms with Crippen LogP contribution in [0.25, 0.3) is 0 Å². The first-order valence-electron chi connectivity index (χ1n) is 5.94. The number of aromatic nitrogens is 2. The predicted molar refractivity (Wildman–Crippen MR) is 66.4 cm³/mol. The summed E-state index contributed by atoms with van der Waals surface area (Å²) in [4.78, 5) is 22.4. The van der Waals surface area contributed by atoms with Crippen LogP contribution in [0.1, 0.15) is 36.3 Å². The van der Waals surface area contributed by atoms with Crippen LogP contribution in [0.2, 0.25) is 0 Å². The molecule has 0 aromatic carbocycles. The van der Waals surface area contributed by atoms with Gasteiger partial charge in [-0.3, -0.25) is 9.48 Å². The first-order valence-corrected chi connectivity index (χ1v) is 5.94. The summed E-state index contributed by atoms with van der Waals surface area (Å²) < 4.78 is 1.35. The summed E-state index contributed by atoms with van der Waals surface area (Å²) in [5.74, 6) is -0.648. The van der Waals surface area contributed by atoms with Crippen LogP contribution in [0.5, 0.6) is 0 Å². The van der Waals surface area contributed by atoms with Crippen molar-refractivity contribution in [1.82, 2.24) is 15.1 Å². The number of rotatable bonds is 6. The van der Waals surface area contributed by atoms with Crippen LogP contribution >= 0.6 is 0 Å². The summed E-state index contributed by atoms with van der Waals surface area (Å²) >= 11 is 0. The highest BCUT2D eigenvalue weighted by molar-refractivity contribution is 5.88. The molecule has 0 spiro atoms. The maximum atomic E-state index is 11.6. The largest absolute Gasteiger partial charge is 0.478 e. The van der Waals surface area contributed by atoms with Gasteiger partial charge in [0, 0.05) is 12.7 Å². The quantitative estimate of drug-likeness (QED) is 0.793. The molecule has 0 aliphatic rings. The predicted octanol–water partition coefficient (Wildman–Crippen LogP) is 1.05. The minimum atomic E-state index is -1.03. The van der Waals surface area contributed by atoms with E-state index in [1.807, 2.05) is 0 Å². The van der Waals surface area contributed by atoms with Gasteiger partial charge in [-0.1, -0.05) is 13.8 Å². The van der Waals surface area contributed by atoms with Crippen molar-refractivity contribution >= 4 is 11.9 Å². The van der Waals surface area contributed by atoms with Crippen molar-refractivity contribution in [3.63, 3.8) is 0 Å². The molecule has 0 saturated heterocycles. The molecule has 1 rings (SSSR count). The molecule has 1 aromatic rings. The van der Waals surface area contributed by atoms with Crippen LogP contribution in [0.3, 0.4) is 0 Å². The summed E-state index contributed by atoms with van der Waals surface area (Å²) in [5, 5.41) is 15.6. The Hall–Kier alpha value is -1.85. The van der Waals surface area contributed by atoms with Crippen LogP contribution in [-0.4, -0.2) is 33.3 Å². The van der Waals surface area contributed by atoms with Crippen molar-refractivity contribution in [3.8, 4) is 0 Å². The lowest BCUT2D eigenvalue weighted by Gasteiger charge is -2.07. The Morgan fingerprint density at radius 2 is 2.17 bits per heavy atom. The van der Waals surface area contributed by atoms with Crippen LogP contribution in [0.15, 0.2) is 6.20 Å². The summed E-state index contributed by atoms with van der Waals surface area (Å²) in [6.45, 7) is 6.45. The first-order chi connectivity index (χ1) is 8.40. The maximum Gasteiger partial charge on any atom is 0.339 e. The third-order valence-corrected chi connectivity index (χ3v) is 2.53. The molecule has 0 aliphatic heterocycles. The lowest BCUT2D eigenvalue weighted by molar-refractivity contribution is -0.121. The third kappa shape index (κ3) is 4.20. The fourth-order valence-corrected chi connectivity index (χ4v) is 1.51. The van der Waals surface area contributed by atoms with E-state index in [-0.39, 0.29) is 18.0 Å². The zero-order chi connectivity index (χ0) is 13.7. The van der Waals surface area contributed by atoms with Gasteiger partial charge in [-0.25, -0.2) is 4.79 Å². The number of carbonyl (C=O) groups excluding carboxylic acids is 1. The highest BCUT2D eigenvalue weighted by Gasteiger charge is 2.13. The minimum Gasteiger partial charge on any atom is -0.478 e. The Bertz CT molecular complexity index is 438. The lowest BCUT2D eigenvalue weighted by Crippen LogP contribution is -2.29. The third-order valence-electron chi connectivity index (χ3n) is 2.53. The number of carboxylic acids is 1. The number of nitrogens with zero attached hydrogens (tertiary/aromatic N) is 2. The van der Waals surface area contributed by atoms with E-state index in [2.05, 4.69) is 24.3 Å². The van der Waals surface area contributed by atoms with Gasteiger partial charge in [0.1, 0.15) is 12.1 Å². The molecule has 2 N–H and O–H groups in total. The van der Waals surface area contributed by atoms with Gasteiger partial charge >= 0.3 is 5.97 Å². The minimum absolute atomic E-state index is 0.0478. The average molecular weight is 253 g/mol. The van der Waals surface area contributed by atoms with Crippen LogP contribution in [0.4, 0.5) is 0 Å². The molecule has 0 aliphatic carbocycles. The Balaban J connectivity index is 2.49. The van der Waals surface area contributed by atoms with Crippen molar-refractivity contribution < 1.29 is 14.7 Å². The van der Waals surface area contributed by atoms with E-state index in [4.69, 9.17) is 5.11 Å². The summed E-state index contributed by atoms with van der Waals surface area (Å²) in [6.07, 6.45) is 2.30. The average Bonchev–Trinajstić information content (AvgIpc) is 2.58. The smallest absolute Gasteiger partial charge is 0.339 e. The van der Waals surface area contributed by atoms with E-state index in [1.54, 1.807) is 6.92 Å². The number of aromatic carboxylic acids is 1. The van der Waals surface area contributed by atoms with Gasteiger partial charge < -0.3 is 10.4 Å². The SMILES string of the molecule is Cc1nn(CC(=O)NCCC(C)C)cc1C(=O)O. The van der Waals surface area contributed by atoms with Gasteiger partial charge in [-0.15, -0.1) is 0 Å². The number of carboxylic acid groups (broad SMARTS) is 1. The van der Waals surface area contributed by atoms with Crippen molar-refractivity contribution in [2.24, 2.45) is 5.92 Å². The highest BCUT2D eigenvalue weighted by atomic mass is 16.4. The monoisotopic (exact) mass is 253 g/mol. The first kappa shape index (κ1) is 14.2. The molecule has 0 radical (unpaired) electrons. The second-order valence-electron chi connectivity index (χ2n) is 4.66. The van der Waals surface area contributed by atoms with Crippen LogP contribution in [0, 0.1) is 12.8 Å². The molecule has 0 unspecified atom stereocenters. The van der Waals surface area contributed by atoms with Gasteiger partial charge in [0.25, 0.3) is 0 Å². The van der Waals surface area contributed by atoms with Crippen LogP contribution < -0.4 is 5.32 Å². The van der Waals surface area contributed by atoms with E-state index in [9.17, 15) is 9.59 Å². The van der Waals surface area contributed by atoms with E-state index >= 15 is 0 Å². The Morgan fingerprint density at radius 1 is 1.50 bits per heavy atom. The van der Waals surface area contributed by atoms with E-state index in [0.29, 0.717) is 18.2 Å². The van der Waals surface area contributed by atoms with Gasteiger partial charge in [0.15, 0.2) is 0 Å². The fraction of sp³-hybridized carbons (Fsp3) is 0.583. The highest BCUT2D eigenvalue weighted by Crippen LogP contribution is 2.05. The van der Waals surface area contributed by atoms with Gasteiger partial charge in [-0.05, 0) is 19.3 Å². The van der Waals surface area contributed by atoms with Crippen molar-refractivity contribution in [1.29, 1.82) is 0 Å². The second kappa shape index (κ2) is 6.18. The number of carbonyl (C=O) groups is 2. The molecule has 1 heterocycles. The molecular weight excluding hydrogens is 234 g/mol. The van der Waals surface area contributed by atoms with Crippen molar-refractivity contribution in [2.45, 2.75) is 33.7 Å². The molecule has 0 fully saturated rings. The zero-order valence-corrected chi connectivity index (χ0v) is 10.9. The maximum absolute atomic E-state index is 11.6. The Morgan fingerprint density at radius 3 is 2.67 bits per heavy atom. The molecule has 6 nitrogen and oxygen atoms in total. The van der Waals surface area contributed by atoms with E-state index in [1.165, 1.54) is 10.9 Å². The molecule has 0 saturated carbocycles. The van der Waals surface area contributed by atoms with Gasteiger partial charge in [-0.2, -0.15) is 5.10 Å². The molecule has 18 heavy (non-hydrogen) atoms. The summed E-state index contributed by atoms with van der Waals surface area (Å²) in [5.41, 5.74) is 0.544. The number of hydrogen-bond acceptors (Lipinski definition) is 3. The molecule has 0 atom stereocenters. The van der Waals surface area contributed by atoms with E-state index < -0.39 is 5.97 Å². The van der Waals surface area contributed by atoms with Crippen molar-refractivity contribution in [3.05, 3.63) is 17.5 Å². The van der Waals surface area contributed by atoms with Gasteiger partial charge in [0.2, 0.25) is 5.91 Å². The van der Waals surface area contributed by atoms with E-state index in [0.717, 1.165) is 6.42 Å². The molecule has 0 bridgehead atoms. The molecular formula is C12H19N3O3. The van der Waals surface area contributed by atoms with Crippen molar-refractivity contribution in [2.75, 3.05) is 6.54 Å². The number of amides is 1. The number of aryl methyl sites for hydroxylation is 1.